The molecule has 0 bridgehead atoms. The summed E-state index contributed by atoms with van der Waals surface area (Å²) < 4.78 is 10.8. The topological polar surface area (TPSA) is 38.7 Å². The number of aryl methyl sites for hydroxylation is 1. The van der Waals surface area contributed by atoms with E-state index in [4.69, 9.17) is 9.47 Å². The van der Waals surface area contributed by atoms with Crippen LogP contribution in [-0.2, 0) is 6.61 Å². The van der Waals surface area contributed by atoms with Gasteiger partial charge in [-0.25, -0.2) is 0 Å². The molecular formula is C15H16O3. The number of rotatable bonds is 4. The molecule has 0 aliphatic rings. The van der Waals surface area contributed by atoms with Crippen molar-refractivity contribution in [2.24, 2.45) is 0 Å². The zero-order valence-corrected chi connectivity index (χ0v) is 10.5. The predicted molar refractivity (Wildman–Crippen MR) is 70.2 cm³/mol. The summed E-state index contributed by atoms with van der Waals surface area (Å²) in [6.07, 6.45) is 0. The van der Waals surface area contributed by atoms with Crippen LogP contribution in [0.25, 0.3) is 0 Å². The monoisotopic (exact) mass is 244 g/mol. The van der Waals surface area contributed by atoms with Gasteiger partial charge < -0.3 is 14.6 Å². The van der Waals surface area contributed by atoms with Gasteiger partial charge in [-0.1, -0.05) is 24.3 Å². The van der Waals surface area contributed by atoms with E-state index in [9.17, 15) is 5.11 Å². The van der Waals surface area contributed by atoms with E-state index in [1.54, 1.807) is 12.1 Å². The second kappa shape index (κ2) is 5.45. The minimum Gasteiger partial charge on any atom is -0.504 e. The SMILES string of the molecule is COc1cc(COc2ccccc2C)ccc1O. The number of ether oxygens (including phenoxy) is 2. The summed E-state index contributed by atoms with van der Waals surface area (Å²) in [6.45, 7) is 2.45. The second-order valence-electron chi connectivity index (χ2n) is 4.06. The first kappa shape index (κ1) is 12.3. The highest BCUT2D eigenvalue weighted by Gasteiger charge is 2.04. The largest absolute Gasteiger partial charge is 0.504 e. The standard InChI is InChI=1S/C15H16O3/c1-11-5-3-4-6-14(11)18-10-12-7-8-13(16)15(9-12)17-2/h3-9,16H,10H2,1-2H3. The number of methoxy groups -OCH3 is 1. The Balaban J connectivity index is 2.09. The smallest absolute Gasteiger partial charge is 0.160 e. The number of benzene rings is 2. The van der Waals surface area contributed by atoms with Gasteiger partial charge in [0.2, 0.25) is 0 Å². The molecule has 0 atom stereocenters. The molecule has 0 radical (unpaired) electrons. The lowest BCUT2D eigenvalue weighted by molar-refractivity contribution is 0.302. The van der Waals surface area contributed by atoms with Crippen LogP contribution in [0.5, 0.6) is 17.2 Å². The maximum Gasteiger partial charge on any atom is 0.160 e. The zero-order valence-electron chi connectivity index (χ0n) is 10.5. The van der Waals surface area contributed by atoms with E-state index < -0.39 is 0 Å². The Labute approximate surface area is 107 Å². The number of phenols is 1. The van der Waals surface area contributed by atoms with Gasteiger partial charge in [0.15, 0.2) is 11.5 Å². The van der Waals surface area contributed by atoms with Crippen molar-refractivity contribution >= 4 is 0 Å². The van der Waals surface area contributed by atoms with Crippen LogP contribution < -0.4 is 9.47 Å². The number of para-hydroxylation sites is 1. The minimum atomic E-state index is 0.136. The fraction of sp³-hybridized carbons (Fsp3) is 0.200. The van der Waals surface area contributed by atoms with E-state index in [-0.39, 0.29) is 5.75 Å². The van der Waals surface area contributed by atoms with Crippen LogP contribution in [0.15, 0.2) is 42.5 Å². The van der Waals surface area contributed by atoms with Gasteiger partial charge >= 0.3 is 0 Å². The molecule has 18 heavy (non-hydrogen) atoms. The van der Waals surface area contributed by atoms with E-state index in [0.29, 0.717) is 12.4 Å². The van der Waals surface area contributed by atoms with Crippen molar-refractivity contribution in [1.82, 2.24) is 0 Å². The molecule has 0 fully saturated rings. The van der Waals surface area contributed by atoms with Crippen molar-refractivity contribution in [3.63, 3.8) is 0 Å². The average Bonchev–Trinajstić information content (AvgIpc) is 2.39. The highest BCUT2D eigenvalue weighted by molar-refractivity contribution is 5.41. The number of aromatic hydroxyl groups is 1. The summed E-state index contributed by atoms with van der Waals surface area (Å²) in [6, 6.07) is 13.1. The van der Waals surface area contributed by atoms with Crippen LogP contribution in [0, 0.1) is 6.92 Å². The first-order chi connectivity index (χ1) is 8.70. The van der Waals surface area contributed by atoms with Gasteiger partial charge in [0.25, 0.3) is 0 Å². The maximum absolute atomic E-state index is 9.50. The summed E-state index contributed by atoms with van der Waals surface area (Å²) in [5.41, 5.74) is 2.05. The molecule has 1 N–H and O–H groups in total. The van der Waals surface area contributed by atoms with Gasteiger partial charge in [-0.05, 0) is 36.2 Å². The van der Waals surface area contributed by atoms with Crippen LogP contribution in [0.3, 0.4) is 0 Å². The van der Waals surface area contributed by atoms with Gasteiger partial charge in [0.05, 0.1) is 7.11 Å². The lowest BCUT2D eigenvalue weighted by Gasteiger charge is -2.10. The van der Waals surface area contributed by atoms with Gasteiger partial charge in [-0.15, -0.1) is 0 Å². The molecule has 2 aromatic carbocycles. The Bertz CT molecular complexity index is 535. The molecule has 0 unspecified atom stereocenters. The van der Waals surface area contributed by atoms with E-state index >= 15 is 0 Å². The van der Waals surface area contributed by atoms with Crippen molar-refractivity contribution < 1.29 is 14.6 Å². The molecule has 0 saturated carbocycles. The number of hydrogen-bond donors (Lipinski definition) is 1. The Kier molecular flexibility index (Phi) is 3.72. The molecule has 94 valence electrons. The van der Waals surface area contributed by atoms with Gasteiger partial charge in [-0.3, -0.25) is 0 Å². The lowest BCUT2D eigenvalue weighted by atomic mass is 10.2. The molecule has 2 aromatic rings. The van der Waals surface area contributed by atoms with Crippen LogP contribution >= 0.6 is 0 Å². The molecule has 0 aliphatic carbocycles. The van der Waals surface area contributed by atoms with Crippen molar-refractivity contribution in [2.75, 3.05) is 7.11 Å². The fourth-order valence-corrected chi connectivity index (χ4v) is 1.69. The Morgan fingerprint density at radius 3 is 2.56 bits per heavy atom. The van der Waals surface area contributed by atoms with Crippen molar-refractivity contribution in [3.05, 3.63) is 53.6 Å². The average molecular weight is 244 g/mol. The van der Waals surface area contributed by atoms with Crippen LogP contribution in [0.1, 0.15) is 11.1 Å². The van der Waals surface area contributed by atoms with Crippen LogP contribution in [0.2, 0.25) is 0 Å². The highest BCUT2D eigenvalue weighted by atomic mass is 16.5. The third-order valence-corrected chi connectivity index (χ3v) is 2.73. The molecule has 3 heteroatoms. The maximum atomic E-state index is 9.50. The molecule has 0 aliphatic heterocycles. The number of hydrogen-bond acceptors (Lipinski definition) is 3. The lowest BCUT2D eigenvalue weighted by Crippen LogP contribution is -1.97. The third kappa shape index (κ3) is 2.74. The molecule has 0 saturated heterocycles. The third-order valence-electron chi connectivity index (χ3n) is 2.73. The quantitative estimate of drug-likeness (QED) is 0.897. The number of phenolic OH excluding ortho intramolecular Hbond substituents is 1. The van der Waals surface area contributed by atoms with Gasteiger partial charge in [0, 0.05) is 0 Å². The van der Waals surface area contributed by atoms with Crippen molar-refractivity contribution in [1.29, 1.82) is 0 Å². The summed E-state index contributed by atoms with van der Waals surface area (Å²) >= 11 is 0. The van der Waals surface area contributed by atoms with E-state index in [1.807, 2.05) is 37.3 Å². The second-order valence-corrected chi connectivity index (χ2v) is 4.06. The summed E-state index contributed by atoms with van der Waals surface area (Å²) in [5, 5.41) is 9.50. The molecule has 0 aromatic heterocycles. The highest BCUT2D eigenvalue weighted by Crippen LogP contribution is 2.27. The van der Waals surface area contributed by atoms with Crippen LogP contribution in [0.4, 0.5) is 0 Å². The Hall–Kier alpha value is -2.16. The normalized spacial score (nSPS) is 10.1. The van der Waals surface area contributed by atoms with Crippen molar-refractivity contribution in [2.45, 2.75) is 13.5 Å². The molecule has 0 amide bonds. The molecular weight excluding hydrogens is 228 g/mol. The van der Waals surface area contributed by atoms with E-state index in [2.05, 4.69) is 0 Å². The molecule has 0 heterocycles. The predicted octanol–water partition coefficient (Wildman–Crippen LogP) is 3.29. The summed E-state index contributed by atoms with van der Waals surface area (Å²) in [4.78, 5) is 0. The zero-order chi connectivity index (χ0) is 13.0. The summed E-state index contributed by atoms with van der Waals surface area (Å²) in [5.74, 6) is 1.46. The van der Waals surface area contributed by atoms with E-state index in [0.717, 1.165) is 16.9 Å². The van der Waals surface area contributed by atoms with Gasteiger partial charge in [0.1, 0.15) is 12.4 Å². The summed E-state index contributed by atoms with van der Waals surface area (Å²) in [7, 11) is 1.53. The molecule has 3 nitrogen and oxygen atoms in total. The van der Waals surface area contributed by atoms with Gasteiger partial charge in [-0.2, -0.15) is 0 Å². The first-order valence-electron chi connectivity index (χ1n) is 5.75. The first-order valence-corrected chi connectivity index (χ1v) is 5.75. The molecule has 0 spiro atoms. The Morgan fingerprint density at radius 1 is 1.06 bits per heavy atom. The minimum absolute atomic E-state index is 0.136. The van der Waals surface area contributed by atoms with E-state index in [1.165, 1.54) is 7.11 Å². The Morgan fingerprint density at radius 2 is 1.83 bits per heavy atom. The van der Waals surface area contributed by atoms with Crippen molar-refractivity contribution in [3.8, 4) is 17.2 Å². The fourth-order valence-electron chi connectivity index (χ4n) is 1.69. The van der Waals surface area contributed by atoms with Crippen LogP contribution in [-0.4, -0.2) is 12.2 Å². The molecule has 2 rings (SSSR count).